The lowest BCUT2D eigenvalue weighted by molar-refractivity contribution is 0.563. The van der Waals surface area contributed by atoms with E-state index in [1.165, 1.54) is 5.56 Å². The van der Waals surface area contributed by atoms with E-state index in [4.69, 9.17) is 0 Å². The molecule has 0 aliphatic heterocycles. The molecule has 0 saturated carbocycles. The van der Waals surface area contributed by atoms with E-state index in [2.05, 4.69) is 17.6 Å². The molecule has 0 amide bonds. The summed E-state index contributed by atoms with van der Waals surface area (Å²) < 4.78 is 15.5. The second kappa shape index (κ2) is 5.36. The van der Waals surface area contributed by atoms with Gasteiger partial charge >= 0.3 is 0 Å². The lowest BCUT2D eigenvalue weighted by Gasteiger charge is -2.14. The Bertz CT molecular complexity index is 531. The van der Waals surface area contributed by atoms with Gasteiger partial charge in [-0.1, -0.05) is 12.1 Å². The highest BCUT2D eigenvalue weighted by Crippen LogP contribution is 2.16. The van der Waals surface area contributed by atoms with Gasteiger partial charge in [0, 0.05) is 32.0 Å². The third-order valence-corrected chi connectivity index (χ3v) is 3.20. The fraction of sp³-hybridized carbons (Fsp3) is 0.333. The van der Waals surface area contributed by atoms with Crippen LogP contribution in [0.3, 0.4) is 0 Å². The quantitative estimate of drug-likeness (QED) is 0.875. The average molecular weight is 246 g/mol. The molecular weight excluding hydrogens is 227 g/mol. The molecule has 0 fully saturated rings. The molecule has 1 aromatic heterocycles. The van der Waals surface area contributed by atoms with Crippen molar-refractivity contribution in [3.05, 3.63) is 59.2 Å². The first-order valence-electron chi connectivity index (χ1n) is 6.16. The molecule has 2 aromatic rings. The first kappa shape index (κ1) is 12.8. The molecule has 1 atom stereocenters. The van der Waals surface area contributed by atoms with Crippen LogP contribution in [0.25, 0.3) is 0 Å². The van der Waals surface area contributed by atoms with Crippen molar-refractivity contribution in [2.75, 3.05) is 0 Å². The Hall–Kier alpha value is -1.61. The summed E-state index contributed by atoms with van der Waals surface area (Å²) in [6, 6.07) is 7.63. The summed E-state index contributed by atoms with van der Waals surface area (Å²) in [5, 5.41) is 3.40. The van der Waals surface area contributed by atoms with Crippen molar-refractivity contribution in [3.63, 3.8) is 0 Å². The van der Waals surface area contributed by atoms with Crippen LogP contribution in [0.5, 0.6) is 0 Å². The monoisotopic (exact) mass is 246 g/mol. The van der Waals surface area contributed by atoms with Gasteiger partial charge in [-0.25, -0.2) is 4.39 Å². The Morgan fingerprint density at radius 2 is 2.11 bits per heavy atom. The summed E-state index contributed by atoms with van der Waals surface area (Å²) in [7, 11) is 2.00. The summed E-state index contributed by atoms with van der Waals surface area (Å²) in [5.74, 6) is -0.138. The maximum absolute atomic E-state index is 13.5. The second-order valence-electron chi connectivity index (χ2n) is 4.80. The van der Waals surface area contributed by atoms with Gasteiger partial charge in [0.2, 0.25) is 0 Å². The van der Waals surface area contributed by atoms with Gasteiger partial charge in [-0.15, -0.1) is 0 Å². The minimum atomic E-state index is -0.138. The Kier molecular flexibility index (Phi) is 3.82. The Balaban J connectivity index is 1.99. The third-order valence-electron chi connectivity index (χ3n) is 3.20. The van der Waals surface area contributed by atoms with E-state index in [0.29, 0.717) is 5.56 Å². The second-order valence-corrected chi connectivity index (χ2v) is 4.80. The summed E-state index contributed by atoms with van der Waals surface area (Å²) in [5.41, 5.74) is 2.90. The van der Waals surface area contributed by atoms with Gasteiger partial charge < -0.3 is 9.88 Å². The number of rotatable bonds is 4. The van der Waals surface area contributed by atoms with Crippen LogP contribution in [0.2, 0.25) is 0 Å². The maximum atomic E-state index is 13.5. The van der Waals surface area contributed by atoms with Gasteiger partial charge in [-0.2, -0.15) is 0 Å². The Labute approximate surface area is 107 Å². The first-order valence-corrected chi connectivity index (χ1v) is 6.16. The molecule has 0 saturated heterocycles. The van der Waals surface area contributed by atoms with Crippen molar-refractivity contribution >= 4 is 0 Å². The Morgan fingerprint density at radius 1 is 1.33 bits per heavy atom. The fourth-order valence-corrected chi connectivity index (χ4v) is 1.93. The molecule has 0 spiro atoms. The van der Waals surface area contributed by atoms with Crippen molar-refractivity contribution in [2.24, 2.45) is 7.05 Å². The average Bonchev–Trinajstić information content (AvgIpc) is 2.75. The normalized spacial score (nSPS) is 12.7. The summed E-state index contributed by atoms with van der Waals surface area (Å²) >= 11 is 0. The molecule has 0 radical (unpaired) electrons. The van der Waals surface area contributed by atoms with Gasteiger partial charge in [-0.05, 0) is 42.7 Å². The van der Waals surface area contributed by atoms with Crippen LogP contribution in [0.15, 0.2) is 36.7 Å². The lowest BCUT2D eigenvalue weighted by Crippen LogP contribution is -2.18. The maximum Gasteiger partial charge on any atom is 0.126 e. The molecule has 1 unspecified atom stereocenters. The molecule has 18 heavy (non-hydrogen) atoms. The van der Waals surface area contributed by atoms with Crippen LogP contribution >= 0.6 is 0 Å². The molecule has 2 rings (SSSR count). The minimum Gasteiger partial charge on any atom is -0.357 e. The number of benzene rings is 1. The zero-order chi connectivity index (χ0) is 13.1. The standard InChI is InChI=1S/C15H19FN2/c1-11-4-5-14(8-15(11)16)12(2)17-9-13-6-7-18(3)10-13/h4-8,10,12,17H,9H2,1-3H3. The molecule has 1 aromatic carbocycles. The molecular formula is C15H19FN2. The molecule has 0 aliphatic rings. The van der Waals surface area contributed by atoms with Crippen molar-refractivity contribution in [2.45, 2.75) is 26.4 Å². The van der Waals surface area contributed by atoms with Crippen LogP contribution in [-0.2, 0) is 13.6 Å². The van der Waals surface area contributed by atoms with E-state index in [-0.39, 0.29) is 11.9 Å². The van der Waals surface area contributed by atoms with E-state index in [0.717, 1.165) is 12.1 Å². The SMILES string of the molecule is Cc1ccc(C(C)NCc2ccn(C)c2)cc1F. The van der Waals surface area contributed by atoms with E-state index in [9.17, 15) is 4.39 Å². The summed E-state index contributed by atoms with van der Waals surface area (Å²) in [6.07, 6.45) is 4.10. The molecule has 0 aliphatic carbocycles. The van der Waals surface area contributed by atoms with Gasteiger partial charge in [0.1, 0.15) is 5.82 Å². The number of nitrogens with zero attached hydrogens (tertiary/aromatic N) is 1. The van der Waals surface area contributed by atoms with E-state index >= 15 is 0 Å². The summed E-state index contributed by atoms with van der Waals surface area (Å²) in [6.45, 7) is 4.62. The molecule has 96 valence electrons. The number of hydrogen-bond donors (Lipinski definition) is 1. The smallest absolute Gasteiger partial charge is 0.126 e. The molecule has 1 N–H and O–H groups in total. The summed E-state index contributed by atoms with van der Waals surface area (Å²) in [4.78, 5) is 0. The first-order chi connectivity index (χ1) is 8.56. The van der Waals surface area contributed by atoms with Gasteiger partial charge in [0.25, 0.3) is 0 Å². The highest BCUT2D eigenvalue weighted by Gasteiger charge is 2.07. The van der Waals surface area contributed by atoms with Crippen LogP contribution in [0.4, 0.5) is 4.39 Å². The van der Waals surface area contributed by atoms with Crippen molar-refractivity contribution < 1.29 is 4.39 Å². The molecule has 0 bridgehead atoms. The lowest BCUT2D eigenvalue weighted by atomic mass is 10.1. The third kappa shape index (κ3) is 2.99. The van der Waals surface area contributed by atoms with Crippen LogP contribution in [-0.4, -0.2) is 4.57 Å². The van der Waals surface area contributed by atoms with Crippen LogP contribution < -0.4 is 5.32 Å². The fourth-order valence-electron chi connectivity index (χ4n) is 1.93. The minimum absolute atomic E-state index is 0.138. The number of nitrogens with one attached hydrogen (secondary N) is 1. The Morgan fingerprint density at radius 3 is 2.72 bits per heavy atom. The topological polar surface area (TPSA) is 17.0 Å². The van der Waals surface area contributed by atoms with Crippen molar-refractivity contribution in [3.8, 4) is 0 Å². The number of halogens is 1. The van der Waals surface area contributed by atoms with Gasteiger partial charge in [-0.3, -0.25) is 0 Å². The van der Waals surface area contributed by atoms with Crippen LogP contribution in [0, 0.1) is 12.7 Å². The zero-order valence-corrected chi connectivity index (χ0v) is 11.1. The van der Waals surface area contributed by atoms with Gasteiger partial charge in [0.05, 0.1) is 0 Å². The van der Waals surface area contributed by atoms with E-state index < -0.39 is 0 Å². The van der Waals surface area contributed by atoms with Crippen LogP contribution in [0.1, 0.15) is 29.7 Å². The number of hydrogen-bond acceptors (Lipinski definition) is 1. The predicted octanol–water partition coefficient (Wildman–Crippen LogP) is 3.32. The molecule has 2 nitrogen and oxygen atoms in total. The van der Waals surface area contributed by atoms with Gasteiger partial charge in [0.15, 0.2) is 0 Å². The number of aromatic nitrogens is 1. The largest absolute Gasteiger partial charge is 0.357 e. The highest BCUT2D eigenvalue weighted by atomic mass is 19.1. The number of aryl methyl sites for hydroxylation is 2. The van der Waals surface area contributed by atoms with E-state index in [1.807, 2.05) is 36.9 Å². The highest BCUT2D eigenvalue weighted by molar-refractivity contribution is 5.25. The van der Waals surface area contributed by atoms with Crippen molar-refractivity contribution in [1.29, 1.82) is 0 Å². The van der Waals surface area contributed by atoms with Crippen molar-refractivity contribution in [1.82, 2.24) is 9.88 Å². The van der Waals surface area contributed by atoms with E-state index in [1.54, 1.807) is 13.0 Å². The molecule has 1 heterocycles. The zero-order valence-electron chi connectivity index (χ0n) is 11.1. The predicted molar refractivity (Wildman–Crippen MR) is 71.8 cm³/mol. The molecule has 3 heteroatoms.